The van der Waals surface area contributed by atoms with Crippen LogP contribution in [0.5, 0.6) is 0 Å². The van der Waals surface area contributed by atoms with E-state index in [9.17, 15) is 9.18 Å². The van der Waals surface area contributed by atoms with E-state index in [2.05, 4.69) is 10.2 Å². The van der Waals surface area contributed by atoms with E-state index in [-0.39, 0.29) is 11.5 Å². The average molecular weight is 264 g/mol. The van der Waals surface area contributed by atoms with Crippen molar-refractivity contribution in [2.24, 2.45) is 7.05 Å². The highest BCUT2D eigenvalue weighted by Gasteiger charge is 2.08. The summed E-state index contributed by atoms with van der Waals surface area (Å²) in [6.45, 7) is 0. The average Bonchev–Trinajstić information content (AvgIpc) is 2.69. The first-order chi connectivity index (χ1) is 8.61. The normalized spacial score (nSPS) is 10.3. The number of nitriles is 1. The number of nitrogens with one attached hydrogen (secondary N) is 1. The molecular weight excluding hydrogens is 255 g/mol. The molecule has 0 aliphatic heterocycles. The number of hydrogen-bond acceptors (Lipinski definition) is 4. The highest BCUT2D eigenvalue weighted by Crippen LogP contribution is 2.21. The molecule has 2 rings (SSSR count). The van der Waals surface area contributed by atoms with Gasteiger partial charge < -0.3 is 0 Å². The predicted molar refractivity (Wildman–Crippen MR) is 64.5 cm³/mol. The van der Waals surface area contributed by atoms with Crippen LogP contribution in [0.15, 0.2) is 28.2 Å². The van der Waals surface area contributed by atoms with Crippen molar-refractivity contribution in [3.8, 4) is 6.07 Å². The van der Waals surface area contributed by atoms with E-state index in [1.54, 1.807) is 7.05 Å². The SMILES string of the molecule is Cn1c(SCc2cc(C#N)ccc2F)n[nH]c1=O. The molecule has 18 heavy (non-hydrogen) atoms. The lowest BCUT2D eigenvalue weighted by molar-refractivity contribution is 0.617. The van der Waals surface area contributed by atoms with Gasteiger partial charge in [0.15, 0.2) is 5.16 Å². The lowest BCUT2D eigenvalue weighted by Crippen LogP contribution is -2.12. The number of hydrogen-bond donors (Lipinski definition) is 1. The summed E-state index contributed by atoms with van der Waals surface area (Å²) in [4.78, 5) is 11.1. The lowest BCUT2D eigenvalue weighted by Gasteiger charge is -2.03. The molecule has 0 aliphatic rings. The van der Waals surface area contributed by atoms with Gasteiger partial charge in [-0.25, -0.2) is 14.3 Å². The minimum Gasteiger partial charge on any atom is -0.273 e. The quantitative estimate of drug-likeness (QED) is 0.851. The predicted octanol–water partition coefficient (Wildman–Crippen LogP) is 1.41. The number of rotatable bonds is 3. The third-order valence-corrected chi connectivity index (χ3v) is 3.45. The second-order valence-corrected chi connectivity index (χ2v) is 4.52. The molecule has 92 valence electrons. The van der Waals surface area contributed by atoms with Gasteiger partial charge in [-0.1, -0.05) is 11.8 Å². The van der Waals surface area contributed by atoms with Crippen LogP contribution in [0.2, 0.25) is 0 Å². The van der Waals surface area contributed by atoms with Crippen molar-refractivity contribution in [3.05, 3.63) is 45.6 Å². The van der Waals surface area contributed by atoms with E-state index in [0.29, 0.717) is 22.0 Å². The summed E-state index contributed by atoms with van der Waals surface area (Å²) in [6, 6.07) is 6.13. The van der Waals surface area contributed by atoms with E-state index in [1.165, 1.54) is 34.5 Å². The molecule has 5 nitrogen and oxygen atoms in total. The van der Waals surface area contributed by atoms with Gasteiger partial charge in [0, 0.05) is 12.8 Å². The summed E-state index contributed by atoms with van der Waals surface area (Å²) in [7, 11) is 1.58. The molecule has 1 aromatic heterocycles. The minimum atomic E-state index is -0.373. The molecule has 1 aromatic carbocycles. The first-order valence-electron chi connectivity index (χ1n) is 5.04. The Hall–Kier alpha value is -2.07. The number of thioether (sulfide) groups is 1. The monoisotopic (exact) mass is 264 g/mol. The van der Waals surface area contributed by atoms with Crippen molar-refractivity contribution < 1.29 is 4.39 Å². The summed E-state index contributed by atoms with van der Waals surface area (Å²) in [6.07, 6.45) is 0. The highest BCUT2D eigenvalue weighted by atomic mass is 32.2. The molecule has 0 spiro atoms. The summed E-state index contributed by atoms with van der Waals surface area (Å²) in [5, 5.41) is 15.3. The van der Waals surface area contributed by atoms with E-state index in [4.69, 9.17) is 5.26 Å². The molecule has 0 saturated carbocycles. The fourth-order valence-corrected chi connectivity index (χ4v) is 2.25. The lowest BCUT2D eigenvalue weighted by atomic mass is 10.1. The molecule has 0 saturated heterocycles. The molecule has 0 radical (unpaired) electrons. The zero-order chi connectivity index (χ0) is 13.1. The second-order valence-electron chi connectivity index (χ2n) is 3.58. The Morgan fingerprint density at radius 3 is 3.00 bits per heavy atom. The molecule has 7 heteroatoms. The van der Waals surface area contributed by atoms with E-state index in [0.717, 1.165) is 0 Å². The van der Waals surface area contributed by atoms with E-state index < -0.39 is 0 Å². The van der Waals surface area contributed by atoms with Crippen LogP contribution in [-0.2, 0) is 12.8 Å². The third-order valence-electron chi connectivity index (χ3n) is 2.37. The van der Waals surface area contributed by atoms with E-state index in [1.807, 2.05) is 6.07 Å². The second kappa shape index (κ2) is 5.06. The Morgan fingerprint density at radius 1 is 1.61 bits per heavy atom. The Balaban J connectivity index is 2.18. The number of benzene rings is 1. The molecule has 0 atom stereocenters. The Morgan fingerprint density at radius 2 is 2.39 bits per heavy atom. The smallest absolute Gasteiger partial charge is 0.273 e. The molecule has 0 fully saturated rings. The van der Waals surface area contributed by atoms with Crippen LogP contribution in [-0.4, -0.2) is 14.8 Å². The Labute approximate surface area is 106 Å². The van der Waals surface area contributed by atoms with Gasteiger partial charge in [0.25, 0.3) is 0 Å². The number of nitrogens with zero attached hydrogens (tertiary/aromatic N) is 3. The van der Waals surface area contributed by atoms with Gasteiger partial charge in [-0.05, 0) is 23.8 Å². The van der Waals surface area contributed by atoms with Crippen molar-refractivity contribution in [2.45, 2.75) is 10.9 Å². The topological polar surface area (TPSA) is 74.5 Å². The van der Waals surface area contributed by atoms with Crippen LogP contribution >= 0.6 is 11.8 Å². The summed E-state index contributed by atoms with van der Waals surface area (Å²) < 4.78 is 14.8. The first kappa shape index (κ1) is 12.4. The molecule has 2 aromatic rings. The van der Waals surface area contributed by atoms with Crippen molar-refractivity contribution >= 4 is 11.8 Å². The van der Waals surface area contributed by atoms with Crippen LogP contribution in [0.4, 0.5) is 4.39 Å². The molecule has 0 amide bonds. The maximum absolute atomic E-state index is 13.5. The van der Waals surface area contributed by atoms with Gasteiger partial charge in [-0.15, -0.1) is 5.10 Å². The van der Waals surface area contributed by atoms with Crippen molar-refractivity contribution in [2.75, 3.05) is 0 Å². The molecule has 0 bridgehead atoms. The van der Waals surface area contributed by atoms with Crippen LogP contribution < -0.4 is 5.69 Å². The summed E-state index contributed by atoms with van der Waals surface area (Å²) in [5.41, 5.74) is 0.501. The van der Waals surface area contributed by atoms with Crippen molar-refractivity contribution in [1.29, 1.82) is 5.26 Å². The van der Waals surface area contributed by atoms with E-state index >= 15 is 0 Å². The van der Waals surface area contributed by atoms with Gasteiger partial charge in [0.1, 0.15) is 5.82 Å². The van der Waals surface area contributed by atoms with Gasteiger partial charge in [-0.3, -0.25) is 4.57 Å². The summed E-state index contributed by atoms with van der Waals surface area (Å²) in [5.74, 6) is -0.0681. The van der Waals surface area contributed by atoms with Crippen molar-refractivity contribution in [3.63, 3.8) is 0 Å². The minimum absolute atomic E-state index is 0.305. The zero-order valence-electron chi connectivity index (χ0n) is 9.48. The standard InChI is InChI=1S/C11H9FN4OS/c1-16-10(17)14-15-11(16)18-6-8-4-7(5-13)2-3-9(8)12/h2-4H,6H2,1H3,(H,14,17). The fourth-order valence-electron chi connectivity index (χ4n) is 1.36. The largest absolute Gasteiger partial charge is 0.343 e. The van der Waals surface area contributed by atoms with Gasteiger partial charge in [0.2, 0.25) is 0 Å². The molecule has 1 N–H and O–H groups in total. The van der Waals surface area contributed by atoms with Gasteiger partial charge in [-0.2, -0.15) is 5.26 Å². The van der Waals surface area contributed by atoms with Crippen LogP contribution in [0.3, 0.4) is 0 Å². The highest BCUT2D eigenvalue weighted by molar-refractivity contribution is 7.98. The molecule has 0 unspecified atom stereocenters. The number of halogens is 1. The Bertz CT molecular complexity index is 670. The van der Waals surface area contributed by atoms with Gasteiger partial charge >= 0.3 is 5.69 Å². The van der Waals surface area contributed by atoms with Crippen molar-refractivity contribution in [1.82, 2.24) is 14.8 Å². The first-order valence-corrected chi connectivity index (χ1v) is 6.03. The number of aromatic nitrogens is 3. The van der Waals surface area contributed by atoms with Crippen LogP contribution in [0.25, 0.3) is 0 Å². The molecular formula is C11H9FN4OS. The maximum atomic E-state index is 13.5. The maximum Gasteiger partial charge on any atom is 0.343 e. The molecule has 1 heterocycles. The summed E-state index contributed by atoms with van der Waals surface area (Å²) >= 11 is 1.23. The number of H-pyrrole nitrogens is 1. The van der Waals surface area contributed by atoms with Gasteiger partial charge in [0.05, 0.1) is 11.6 Å². The van der Waals surface area contributed by atoms with Crippen LogP contribution in [0.1, 0.15) is 11.1 Å². The zero-order valence-corrected chi connectivity index (χ0v) is 10.3. The third kappa shape index (κ3) is 2.43. The molecule has 0 aliphatic carbocycles. The number of aromatic amines is 1. The van der Waals surface area contributed by atoms with Crippen LogP contribution in [0, 0.1) is 17.1 Å². The Kier molecular flexibility index (Phi) is 3.48. The fraction of sp³-hybridized carbons (Fsp3) is 0.182.